The van der Waals surface area contributed by atoms with Crippen LogP contribution in [0.5, 0.6) is 5.75 Å². The van der Waals surface area contributed by atoms with Gasteiger partial charge in [0.15, 0.2) is 0 Å². The van der Waals surface area contributed by atoms with Crippen molar-refractivity contribution >= 4 is 23.2 Å². The van der Waals surface area contributed by atoms with E-state index < -0.39 is 0 Å². The summed E-state index contributed by atoms with van der Waals surface area (Å²) in [6.07, 6.45) is -0.353. The standard InChI is InChI=1S/C17H19Cl2NO2/c1-12(21)9-20-10-13-3-2-4-15(7-13)22-11-14-5-6-16(18)17(19)8-14/h2-8,12,20-21H,9-11H2,1H3/t12-/m0/s1. The van der Waals surface area contributed by atoms with E-state index in [0.717, 1.165) is 16.9 Å². The van der Waals surface area contributed by atoms with E-state index >= 15 is 0 Å². The molecule has 1 atom stereocenters. The maximum atomic E-state index is 9.23. The molecule has 0 radical (unpaired) electrons. The lowest BCUT2D eigenvalue weighted by atomic mass is 10.2. The summed E-state index contributed by atoms with van der Waals surface area (Å²) in [5.41, 5.74) is 2.07. The van der Waals surface area contributed by atoms with Crippen molar-refractivity contribution in [1.82, 2.24) is 5.32 Å². The number of benzene rings is 2. The van der Waals surface area contributed by atoms with E-state index in [1.54, 1.807) is 19.1 Å². The van der Waals surface area contributed by atoms with Crippen LogP contribution in [0.2, 0.25) is 10.0 Å². The minimum absolute atomic E-state index is 0.353. The number of aliphatic hydroxyl groups excluding tert-OH is 1. The van der Waals surface area contributed by atoms with Gasteiger partial charge < -0.3 is 15.2 Å². The third-order valence-corrected chi connectivity index (χ3v) is 3.80. The molecule has 2 aromatic rings. The second kappa shape index (κ2) is 8.39. The van der Waals surface area contributed by atoms with Crippen molar-refractivity contribution in [2.24, 2.45) is 0 Å². The molecule has 22 heavy (non-hydrogen) atoms. The SMILES string of the molecule is C[C@H](O)CNCc1cccc(OCc2ccc(Cl)c(Cl)c2)c1. The normalized spacial score (nSPS) is 12.2. The second-order valence-corrected chi connectivity index (χ2v) is 5.98. The molecule has 5 heteroatoms. The maximum absolute atomic E-state index is 9.23. The molecular weight excluding hydrogens is 321 g/mol. The van der Waals surface area contributed by atoms with Crippen LogP contribution in [0.3, 0.4) is 0 Å². The van der Waals surface area contributed by atoms with Crippen LogP contribution in [0.1, 0.15) is 18.1 Å². The average Bonchev–Trinajstić information content (AvgIpc) is 2.49. The van der Waals surface area contributed by atoms with Gasteiger partial charge in [-0.05, 0) is 42.3 Å². The number of ether oxygens (including phenoxy) is 1. The van der Waals surface area contributed by atoms with Gasteiger partial charge in [0.2, 0.25) is 0 Å². The molecule has 0 aliphatic carbocycles. The molecule has 0 aliphatic rings. The Labute approximate surface area is 140 Å². The van der Waals surface area contributed by atoms with Gasteiger partial charge in [-0.3, -0.25) is 0 Å². The van der Waals surface area contributed by atoms with Crippen molar-refractivity contribution < 1.29 is 9.84 Å². The topological polar surface area (TPSA) is 41.5 Å². The van der Waals surface area contributed by atoms with Crippen LogP contribution in [-0.2, 0) is 13.2 Å². The smallest absolute Gasteiger partial charge is 0.120 e. The van der Waals surface area contributed by atoms with Crippen LogP contribution < -0.4 is 10.1 Å². The number of nitrogens with one attached hydrogen (secondary N) is 1. The van der Waals surface area contributed by atoms with Crippen molar-refractivity contribution in [3.8, 4) is 5.75 Å². The first-order valence-electron chi connectivity index (χ1n) is 7.09. The van der Waals surface area contributed by atoms with Crippen LogP contribution in [0.15, 0.2) is 42.5 Å². The fourth-order valence-corrected chi connectivity index (χ4v) is 2.29. The van der Waals surface area contributed by atoms with Crippen LogP contribution in [-0.4, -0.2) is 17.8 Å². The monoisotopic (exact) mass is 339 g/mol. The lowest BCUT2D eigenvalue weighted by Gasteiger charge is -2.10. The van der Waals surface area contributed by atoms with Crippen molar-refractivity contribution in [1.29, 1.82) is 0 Å². The Morgan fingerprint density at radius 1 is 1.09 bits per heavy atom. The van der Waals surface area contributed by atoms with Gasteiger partial charge in [-0.2, -0.15) is 0 Å². The number of hydrogen-bond acceptors (Lipinski definition) is 3. The van der Waals surface area contributed by atoms with Gasteiger partial charge in [0.1, 0.15) is 12.4 Å². The van der Waals surface area contributed by atoms with Gasteiger partial charge in [0.05, 0.1) is 16.1 Å². The molecule has 2 aromatic carbocycles. The van der Waals surface area contributed by atoms with E-state index in [2.05, 4.69) is 5.32 Å². The Hall–Kier alpha value is -1.26. The minimum atomic E-state index is -0.353. The first-order chi connectivity index (χ1) is 10.5. The Kier molecular flexibility index (Phi) is 6.52. The van der Waals surface area contributed by atoms with E-state index in [-0.39, 0.29) is 6.10 Å². The van der Waals surface area contributed by atoms with Crippen molar-refractivity contribution in [3.05, 3.63) is 63.6 Å². The predicted molar refractivity (Wildman–Crippen MR) is 90.6 cm³/mol. The van der Waals surface area contributed by atoms with Gasteiger partial charge in [0.25, 0.3) is 0 Å². The van der Waals surface area contributed by atoms with Gasteiger partial charge in [0, 0.05) is 13.1 Å². The third kappa shape index (κ3) is 5.50. The molecule has 118 valence electrons. The Bertz CT molecular complexity index is 617. The van der Waals surface area contributed by atoms with E-state index in [4.69, 9.17) is 27.9 Å². The van der Waals surface area contributed by atoms with E-state index in [1.807, 2.05) is 30.3 Å². The van der Waals surface area contributed by atoms with Crippen LogP contribution in [0, 0.1) is 0 Å². The van der Waals surface area contributed by atoms with Gasteiger partial charge in [-0.1, -0.05) is 41.4 Å². The highest BCUT2D eigenvalue weighted by molar-refractivity contribution is 6.42. The van der Waals surface area contributed by atoms with Crippen LogP contribution in [0.4, 0.5) is 0 Å². The quantitative estimate of drug-likeness (QED) is 0.799. The molecule has 0 bridgehead atoms. The van der Waals surface area contributed by atoms with Crippen molar-refractivity contribution in [2.75, 3.05) is 6.54 Å². The van der Waals surface area contributed by atoms with Crippen LogP contribution in [0.25, 0.3) is 0 Å². The molecule has 0 aliphatic heterocycles. The van der Waals surface area contributed by atoms with E-state index in [9.17, 15) is 5.11 Å². The number of hydrogen-bond donors (Lipinski definition) is 2. The zero-order chi connectivity index (χ0) is 15.9. The van der Waals surface area contributed by atoms with Crippen molar-refractivity contribution in [2.45, 2.75) is 26.2 Å². The summed E-state index contributed by atoms with van der Waals surface area (Å²) < 4.78 is 5.78. The average molecular weight is 340 g/mol. The molecule has 0 heterocycles. The molecule has 2 N–H and O–H groups in total. The third-order valence-electron chi connectivity index (χ3n) is 3.06. The number of halogens is 2. The first kappa shape index (κ1) is 17.1. The molecule has 0 saturated carbocycles. The largest absolute Gasteiger partial charge is 0.489 e. The predicted octanol–water partition coefficient (Wildman–Crippen LogP) is 4.04. The number of aliphatic hydroxyl groups is 1. The summed E-state index contributed by atoms with van der Waals surface area (Å²) >= 11 is 11.9. The zero-order valence-electron chi connectivity index (χ0n) is 12.4. The second-order valence-electron chi connectivity index (χ2n) is 5.16. The molecular formula is C17H19Cl2NO2. The molecule has 0 saturated heterocycles. The van der Waals surface area contributed by atoms with Crippen LogP contribution >= 0.6 is 23.2 Å². The highest BCUT2D eigenvalue weighted by atomic mass is 35.5. The van der Waals surface area contributed by atoms with Gasteiger partial charge in [-0.15, -0.1) is 0 Å². The summed E-state index contributed by atoms with van der Waals surface area (Å²) in [6.45, 7) is 3.44. The maximum Gasteiger partial charge on any atom is 0.120 e. The minimum Gasteiger partial charge on any atom is -0.489 e. The van der Waals surface area contributed by atoms with Gasteiger partial charge >= 0.3 is 0 Å². The Morgan fingerprint density at radius 2 is 1.91 bits per heavy atom. The molecule has 0 fully saturated rings. The highest BCUT2D eigenvalue weighted by Crippen LogP contribution is 2.23. The Morgan fingerprint density at radius 3 is 2.64 bits per heavy atom. The molecule has 0 aromatic heterocycles. The summed E-state index contributed by atoms with van der Waals surface area (Å²) in [4.78, 5) is 0. The van der Waals surface area contributed by atoms with Gasteiger partial charge in [-0.25, -0.2) is 0 Å². The van der Waals surface area contributed by atoms with E-state index in [0.29, 0.717) is 29.7 Å². The molecule has 3 nitrogen and oxygen atoms in total. The summed E-state index contributed by atoms with van der Waals surface area (Å²) in [7, 11) is 0. The summed E-state index contributed by atoms with van der Waals surface area (Å²) in [5, 5.41) is 13.5. The fraction of sp³-hybridized carbons (Fsp3) is 0.294. The lowest BCUT2D eigenvalue weighted by Crippen LogP contribution is -2.23. The highest BCUT2D eigenvalue weighted by Gasteiger charge is 2.02. The summed E-state index contributed by atoms with van der Waals surface area (Å²) in [5.74, 6) is 0.794. The molecule has 0 unspecified atom stereocenters. The zero-order valence-corrected chi connectivity index (χ0v) is 13.9. The lowest BCUT2D eigenvalue weighted by molar-refractivity contribution is 0.191. The van der Waals surface area contributed by atoms with E-state index in [1.165, 1.54) is 0 Å². The first-order valence-corrected chi connectivity index (χ1v) is 7.84. The molecule has 0 spiro atoms. The van der Waals surface area contributed by atoms with Crippen molar-refractivity contribution in [3.63, 3.8) is 0 Å². The molecule has 0 amide bonds. The Balaban J connectivity index is 1.91. The number of rotatable bonds is 7. The summed E-state index contributed by atoms with van der Waals surface area (Å²) in [6, 6.07) is 13.3. The molecule has 2 rings (SSSR count). The fourth-order valence-electron chi connectivity index (χ4n) is 1.97.